The fourth-order valence-electron chi connectivity index (χ4n) is 4.90. The van der Waals surface area contributed by atoms with E-state index in [4.69, 9.17) is 16.3 Å². The zero-order valence-corrected chi connectivity index (χ0v) is 23.1. The molecule has 0 heterocycles. The Hall–Kier alpha value is -6.64. The summed E-state index contributed by atoms with van der Waals surface area (Å²) in [5.74, 6) is -0.644. The SMILES string of the molecule is N#Cc1cccc(C(=O)c2ccc3ccccc3c2N)c1.N#Cc1cccc(C(=O)c2ccc3ccccc3c2[N+](=O)[O-])c1. The molecule has 44 heavy (non-hydrogen) atoms. The lowest BCUT2D eigenvalue weighted by Crippen LogP contribution is -2.06. The van der Waals surface area contributed by atoms with Crippen molar-refractivity contribution < 1.29 is 14.5 Å². The summed E-state index contributed by atoms with van der Waals surface area (Å²) in [5, 5.41) is 32.3. The lowest BCUT2D eigenvalue weighted by atomic mass is 9.97. The highest BCUT2D eigenvalue weighted by atomic mass is 16.6. The van der Waals surface area contributed by atoms with Crippen LogP contribution in [0.4, 0.5) is 11.4 Å². The average molecular weight is 575 g/mol. The fourth-order valence-corrected chi connectivity index (χ4v) is 4.90. The van der Waals surface area contributed by atoms with Gasteiger partial charge in [0.1, 0.15) is 5.56 Å². The molecule has 0 spiro atoms. The quantitative estimate of drug-likeness (QED) is 0.0976. The van der Waals surface area contributed by atoms with Gasteiger partial charge in [0.05, 0.1) is 39.3 Å². The molecule has 0 aliphatic rings. The molecule has 0 saturated heterocycles. The molecule has 0 bridgehead atoms. The molecule has 0 aliphatic carbocycles. The number of nitro groups is 1. The first-order valence-electron chi connectivity index (χ1n) is 13.4. The van der Waals surface area contributed by atoms with Crippen molar-refractivity contribution in [2.24, 2.45) is 0 Å². The van der Waals surface area contributed by atoms with E-state index in [0.717, 1.165) is 10.8 Å². The number of hydrogen-bond acceptors (Lipinski definition) is 7. The number of nitrogens with two attached hydrogens (primary N) is 1. The number of nitro benzene ring substituents is 1. The van der Waals surface area contributed by atoms with Crippen LogP contribution in [-0.2, 0) is 0 Å². The zero-order chi connectivity index (χ0) is 31.2. The van der Waals surface area contributed by atoms with Gasteiger partial charge in [0.2, 0.25) is 0 Å². The van der Waals surface area contributed by atoms with Gasteiger partial charge in [-0.25, -0.2) is 0 Å². The number of nitrogens with zero attached hydrogens (tertiary/aromatic N) is 3. The van der Waals surface area contributed by atoms with Crippen molar-refractivity contribution >= 4 is 44.5 Å². The minimum Gasteiger partial charge on any atom is -0.398 e. The molecule has 8 nitrogen and oxygen atoms in total. The van der Waals surface area contributed by atoms with Crippen LogP contribution in [0.25, 0.3) is 21.5 Å². The van der Waals surface area contributed by atoms with Crippen LogP contribution in [0.5, 0.6) is 0 Å². The number of nitriles is 2. The van der Waals surface area contributed by atoms with Crippen LogP contribution in [0.2, 0.25) is 0 Å². The Morgan fingerprint density at radius 1 is 0.614 bits per heavy atom. The summed E-state index contributed by atoms with van der Waals surface area (Å²) in [6, 6.07) is 38.0. The Morgan fingerprint density at radius 3 is 1.64 bits per heavy atom. The lowest BCUT2D eigenvalue weighted by molar-refractivity contribution is -0.383. The molecule has 0 radical (unpaired) electrons. The number of anilines is 1. The third kappa shape index (κ3) is 5.73. The molecule has 2 N–H and O–H groups in total. The number of hydrogen-bond donors (Lipinski definition) is 1. The summed E-state index contributed by atoms with van der Waals surface area (Å²) in [5.41, 5.74) is 8.39. The number of carbonyl (C=O) groups is 2. The van der Waals surface area contributed by atoms with Gasteiger partial charge in [0.15, 0.2) is 11.6 Å². The van der Waals surface area contributed by atoms with Gasteiger partial charge in [0, 0.05) is 22.1 Å². The summed E-state index contributed by atoms with van der Waals surface area (Å²) < 4.78 is 0. The van der Waals surface area contributed by atoms with E-state index in [9.17, 15) is 19.7 Å². The molecule has 6 rings (SSSR count). The topological polar surface area (TPSA) is 151 Å². The maximum atomic E-state index is 12.7. The number of carbonyl (C=O) groups excluding carboxylic acids is 2. The number of fused-ring (bicyclic) bond motifs is 2. The lowest BCUT2D eigenvalue weighted by Gasteiger charge is -2.08. The molecule has 6 aromatic carbocycles. The van der Waals surface area contributed by atoms with Gasteiger partial charge in [-0.2, -0.15) is 10.5 Å². The van der Waals surface area contributed by atoms with Crippen molar-refractivity contribution in [3.05, 3.63) is 165 Å². The van der Waals surface area contributed by atoms with Crippen LogP contribution in [-0.4, -0.2) is 16.5 Å². The second kappa shape index (κ2) is 12.5. The fraction of sp³-hybridized carbons (Fsp3) is 0. The van der Waals surface area contributed by atoms with Crippen molar-refractivity contribution in [3.8, 4) is 12.1 Å². The Bertz CT molecular complexity index is 2190. The van der Waals surface area contributed by atoms with Crippen molar-refractivity contribution in [1.82, 2.24) is 0 Å². The molecule has 0 aliphatic heterocycles. The molecular weight excluding hydrogens is 552 g/mol. The first-order chi connectivity index (χ1) is 21.3. The molecular formula is C36H22N4O4. The average Bonchev–Trinajstić information content (AvgIpc) is 3.07. The molecule has 0 amide bonds. The molecule has 0 aromatic heterocycles. The number of nitrogen functional groups attached to an aromatic ring is 1. The van der Waals surface area contributed by atoms with Crippen LogP contribution in [0.1, 0.15) is 43.0 Å². The van der Waals surface area contributed by atoms with E-state index in [1.807, 2.05) is 42.5 Å². The first-order valence-corrected chi connectivity index (χ1v) is 13.4. The van der Waals surface area contributed by atoms with Gasteiger partial charge in [-0.05, 0) is 53.2 Å². The van der Waals surface area contributed by atoms with Crippen molar-refractivity contribution in [1.29, 1.82) is 10.5 Å². The largest absolute Gasteiger partial charge is 0.398 e. The van der Waals surface area contributed by atoms with E-state index in [1.54, 1.807) is 78.9 Å². The monoisotopic (exact) mass is 574 g/mol. The van der Waals surface area contributed by atoms with Gasteiger partial charge >= 0.3 is 0 Å². The minimum atomic E-state index is -0.538. The summed E-state index contributed by atoms with van der Waals surface area (Å²) in [4.78, 5) is 36.2. The molecule has 0 fully saturated rings. The van der Waals surface area contributed by atoms with Gasteiger partial charge in [-0.15, -0.1) is 0 Å². The van der Waals surface area contributed by atoms with E-state index in [-0.39, 0.29) is 22.6 Å². The van der Waals surface area contributed by atoms with Gasteiger partial charge in [-0.3, -0.25) is 19.7 Å². The minimum absolute atomic E-state index is 0.0174. The van der Waals surface area contributed by atoms with Crippen molar-refractivity contribution in [3.63, 3.8) is 0 Å². The molecule has 0 saturated carbocycles. The number of rotatable bonds is 5. The summed E-state index contributed by atoms with van der Waals surface area (Å²) >= 11 is 0. The van der Waals surface area contributed by atoms with E-state index >= 15 is 0 Å². The van der Waals surface area contributed by atoms with Crippen molar-refractivity contribution in [2.75, 3.05) is 5.73 Å². The number of benzene rings is 6. The third-order valence-electron chi connectivity index (χ3n) is 7.05. The number of ketones is 2. The first kappa shape index (κ1) is 28.9. The maximum Gasteiger partial charge on any atom is 0.288 e. The second-order valence-corrected chi connectivity index (χ2v) is 9.73. The van der Waals surface area contributed by atoms with E-state index in [1.165, 1.54) is 12.1 Å². The van der Waals surface area contributed by atoms with Gasteiger partial charge in [-0.1, -0.05) is 78.9 Å². The van der Waals surface area contributed by atoms with Crippen LogP contribution in [0.3, 0.4) is 0 Å². The van der Waals surface area contributed by atoms with Gasteiger partial charge in [0.25, 0.3) is 5.69 Å². The smallest absolute Gasteiger partial charge is 0.288 e. The molecule has 0 atom stereocenters. The zero-order valence-electron chi connectivity index (χ0n) is 23.1. The summed E-state index contributed by atoms with van der Waals surface area (Å²) in [6.07, 6.45) is 0. The normalized spacial score (nSPS) is 10.2. The molecule has 8 heteroatoms. The molecule has 6 aromatic rings. The highest BCUT2D eigenvalue weighted by Crippen LogP contribution is 2.31. The molecule has 0 unspecified atom stereocenters. The highest BCUT2D eigenvalue weighted by molar-refractivity contribution is 6.16. The van der Waals surface area contributed by atoms with Gasteiger partial charge < -0.3 is 5.73 Å². The highest BCUT2D eigenvalue weighted by Gasteiger charge is 2.24. The Labute approximate surface area is 252 Å². The van der Waals surface area contributed by atoms with Crippen LogP contribution >= 0.6 is 0 Å². The predicted molar refractivity (Wildman–Crippen MR) is 168 cm³/mol. The van der Waals surface area contributed by atoms with Crippen molar-refractivity contribution in [2.45, 2.75) is 0 Å². The van der Waals surface area contributed by atoms with E-state index < -0.39 is 10.7 Å². The van der Waals surface area contributed by atoms with Crippen LogP contribution < -0.4 is 5.73 Å². The maximum absolute atomic E-state index is 12.7. The Balaban J connectivity index is 0.000000175. The van der Waals surface area contributed by atoms with E-state index in [2.05, 4.69) is 0 Å². The van der Waals surface area contributed by atoms with Crippen LogP contribution in [0, 0.1) is 32.8 Å². The predicted octanol–water partition coefficient (Wildman–Crippen LogP) is 7.38. The second-order valence-electron chi connectivity index (χ2n) is 9.73. The Morgan fingerprint density at radius 2 is 1.09 bits per heavy atom. The summed E-state index contributed by atoms with van der Waals surface area (Å²) in [6.45, 7) is 0. The summed E-state index contributed by atoms with van der Waals surface area (Å²) in [7, 11) is 0. The van der Waals surface area contributed by atoms with Crippen LogP contribution in [0.15, 0.2) is 121 Å². The standard InChI is InChI=1S/C18H10N2O3.C18H12N2O/c19-11-12-4-3-6-14(10-12)18(21)16-9-8-13-5-1-2-7-15(13)17(16)20(22)23;19-11-12-4-3-6-14(10-12)18(21)16-9-8-13-5-1-2-7-15(13)17(16)20/h1-10H;1-10H,20H2. The third-order valence-corrected chi connectivity index (χ3v) is 7.05. The molecule has 210 valence electrons. The van der Waals surface area contributed by atoms with E-state index in [0.29, 0.717) is 38.7 Å². The Kier molecular flexibility index (Phi) is 8.19.